The lowest BCUT2D eigenvalue weighted by atomic mass is 10.1. The number of carboxylic acids is 1. The van der Waals surface area contributed by atoms with E-state index in [-0.39, 0.29) is 16.4 Å². The van der Waals surface area contributed by atoms with Gasteiger partial charge in [0.25, 0.3) is 0 Å². The second-order valence-electron chi connectivity index (χ2n) is 3.31. The summed E-state index contributed by atoms with van der Waals surface area (Å²) in [4.78, 5) is 18.8. The molecule has 0 aliphatic rings. The topological polar surface area (TPSA) is 89.1 Å². The molecule has 86 valence electrons. The first kappa shape index (κ1) is 11.3. The van der Waals surface area contributed by atoms with Crippen LogP contribution in [0.15, 0.2) is 30.6 Å². The van der Waals surface area contributed by atoms with Crippen molar-refractivity contribution in [2.24, 2.45) is 0 Å². The fourth-order valence-electron chi connectivity index (χ4n) is 1.35. The minimum atomic E-state index is -1.22. The average molecular weight is 250 g/mol. The molecular formula is C11H8ClN3O2. The van der Waals surface area contributed by atoms with Crippen molar-refractivity contribution in [3.05, 3.63) is 41.3 Å². The number of aromatic carboxylic acids is 1. The maximum Gasteiger partial charge on any atom is 0.356 e. The van der Waals surface area contributed by atoms with Gasteiger partial charge in [-0.3, -0.25) is 4.98 Å². The number of anilines is 1. The normalized spacial score (nSPS) is 10.2. The maximum atomic E-state index is 10.9. The summed E-state index contributed by atoms with van der Waals surface area (Å²) in [5, 5.41) is 8.89. The van der Waals surface area contributed by atoms with E-state index < -0.39 is 5.97 Å². The third kappa shape index (κ3) is 2.19. The van der Waals surface area contributed by atoms with E-state index in [1.165, 1.54) is 6.07 Å². The lowest BCUT2D eigenvalue weighted by Crippen LogP contribution is -2.05. The van der Waals surface area contributed by atoms with Gasteiger partial charge in [0, 0.05) is 18.0 Å². The molecule has 0 unspecified atom stereocenters. The van der Waals surface area contributed by atoms with Crippen molar-refractivity contribution >= 4 is 23.3 Å². The van der Waals surface area contributed by atoms with Crippen molar-refractivity contribution < 1.29 is 9.90 Å². The van der Waals surface area contributed by atoms with Gasteiger partial charge in [0.1, 0.15) is 0 Å². The number of rotatable bonds is 2. The van der Waals surface area contributed by atoms with E-state index in [1.54, 1.807) is 24.5 Å². The van der Waals surface area contributed by atoms with Crippen molar-refractivity contribution in [3.8, 4) is 11.3 Å². The molecule has 2 aromatic heterocycles. The van der Waals surface area contributed by atoms with E-state index in [0.29, 0.717) is 11.3 Å². The summed E-state index contributed by atoms with van der Waals surface area (Å²) in [5.41, 5.74) is 6.67. The number of halogens is 1. The number of nitrogens with zero attached hydrogens (tertiary/aromatic N) is 2. The molecule has 2 heterocycles. The summed E-state index contributed by atoms with van der Waals surface area (Å²) in [7, 11) is 0. The van der Waals surface area contributed by atoms with Gasteiger partial charge in [-0.2, -0.15) is 0 Å². The summed E-state index contributed by atoms with van der Waals surface area (Å²) in [5.74, 6) is -1.22. The van der Waals surface area contributed by atoms with E-state index >= 15 is 0 Å². The Balaban J connectivity index is 2.61. The highest BCUT2D eigenvalue weighted by Gasteiger charge is 2.15. The summed E-state index contributed by atoms with van der Waals surface area (Å²) < 4.78 is 0. The molecule has 0 amide bonds. The number of nitrogens with two attached hydrogens (primary N) is 1. The number of carboxylic acid groups (broad SMARTS) is 1. The van der Waals surface area contributed by atoms with Gasteiger partial charge < -0.3 is 10.8 Å². The molecule has 0 radical (unpaired) electrons. The fourth-order valence-corrected chi connectivity index (χ4v) is 1.53. The van der Waals surface area contributed by atoms with Crippen LogP contribution in [0, 0.1) is 0 Å². The second-order valence-corrected chi connectivity index (χ2v) is 3.68. The molecular weight excluding hydrogens is 242 g/mol. The number of nitrogen functional groups attached to an aromatic ring is 1. The van der Waals surface area contributed by atoms with Crippen molar-refractivity contribution in [1.82, 2.24) is 9.97 Å². The molecule has 0 aromatic carbocycles. The van der Waals surface area contributed by atoms with Crippen LogP contribution in [0.3, 0.4) is 0 Å². The Morgan fingerprint density at radius 2 is 2.24 bits per heavy atom. The zero-order chi connectivity index (χ0) is 12.4. The molecule has 3 N–H and O–H groups in total. The Morgan fingerprint density at radius 1 is 1.47 bits per heavy atom. The first-order valence-electron chi connectivity index (χ1n) is 4.69. The van der Waals surface area contributed by atoms with E-state index in [2.05, 4.69) is 9.97 Å². The van der Waals surface area contributed by atoms with Crippen LogP contribution in [0.5, 0.6) is 0 Å². The smallest absolute Gasteiger partial charge is 0.356 e. The van der Waals surface area contributed by atoms with Gasteiger partial charge in [0.2, 0.25) is 0 Å². The zero-order valence-electron chi connectivity index (χ0n) is 8.59. The predicted octanol–water partition coefficient (Wildman–Crippen LogP) is 2.08. The average Bonchev–Trinajstić information content (AvgIpc) is 2.33. The van der Waals surface area contributed by atoms with Crippen molar-refractivity contribution in [1.29, 1.82) is 0 Å². The number of carbonyl (C=O) groups is 1. The van der Waals surface area contributed by atoms with Crippen molar-refractivity contribution in [3.63, 3.8) is 0 Å². The van der Waals surface area contributed by atoms with Gasteiger partial charge in [-0.25, -0.2) is 9.78 Å². The molecule has 0 aliphatic heterocycles. The summed E-state index contributed by atoms with van der Waals surface area (Å²) >= 11 is 5.76. The van der Waals surface area contributed by atoms with Gasteiger partial charge >= 0.3 is 5.97 Å². The van der Waals surface area contributed by atoms with E-state index in [1.807, 2.05) is 0 Å². The van der Waals surface area contributed by atoms with E-state index in [9.17, 15) is 4.79 Å². The molecule has 5 nitrogen and oxygen atoms in total. The number of hydrogen-bond acceptors (Lipinski definition) is 4. The van der Waals surface area contributed by atoms with Crippen molar-refractivity contribution in [2.45, 2.75) is 0 Å². The van der Waals surface area contributed by atoms with Crippen LogP contribution in [0.4, 0.5) is 5.69 Å². The molecule has 0 bridgehead atoms. The largest absolute Gasteiger partial charge is 0.476 e. The van der Waals surface area contributed by atoms with Crippen LogP contribution in [0.25, 0.3) is 11.3 Å². The molecule has 17 heavy (non-hydrogen) atoms. The molecule has 2 rings (SSSR count). The molecule has 0 fully saturated rings. The predicted molar refractivity (Wildman–Crippen MR) is 63.8 cm³/mol. The molecule has 2 aromatic rings. The lowest BCUT2D eigenvalue weighted by molar-refractivity contribution is 0.0691. The highest BCUT2D eigenvalue weighted by molar-refractivity contribution is 6.35. The van der Waals surface area contributed by atoms with Gasteiger partial charge in [0.15, 0.2) is 5.69 Å². The highest BCUT2D eigenvalue weighted by atomic mass is 35.5. The van der Waals surface area contributed by atoms with Crippen LogP contribution >= 0.6 is 11.6 Å². The molecule has 0 saturated heterocycles. The Morgan fingerprint density at radius 3 is 2.82 bits per heavy atom. The van der Waals surface area contributed by atoms with Crippen LogP contribution in [-0.4, -0.2) is 21.0 Å². The first-order chi connectivity index (χ1) is 8.09. The Kier molecular flexibility index (Phi) is 2.93. The summed E-state index contributed by atoms with van der Waals surface area (Å²) in [6.07, 6.45) is 3.18. The monoisotopic (exact) mass is 249 g/mol. The van der Waals surface area contributed by atoms with E-state index in [4.69, 9.17) is 22.4 Å². The first-order valence-corrected chi connectivity index (χ1v) is 5.07. The Labute approximate surface area is 102 Å². The molecule has 0 atom stereocenters. The Bertz CT molecular complexity index is 572. The highest BCUT2D eigenvalue weighted by Crippen LogP contribution is 2.27. The van der Waals surface area contributed by atoms with Crippen LogP contribution in [0.2, 0.25) is 5.02 Å². The lowest BCUT2D eigenvalue weighted by Gasteiger charge is -2.06. The number of hydrogen-bond donors (Lipinski definition) is 2. The quantitative estimate of drug-likeness (QED) is 0.851. The number of pyridine rings is 2. The number of aromatic nitrogens is 2. The van der Waals surface area contributed by atoms with Gasteiger partial charge in [-0.15, -0.1) is 0 Å². The summed E-state index contributed by atoms with van der Waals surface area (Å²) in [6.45, 7) is 0. The third-order valence-corrected chi connectivity index (χ3v) is 2.54. The zero-order valence-corrected chi connectivity index (χ0v) is 9.35. The van der Waals surface area contributed by atoms with Crippen LogP contribution in [0.1, 0.15) is 10.5 Å². The van der Waals surface area contributed by atoms with Crippen LogP contribution in [-0.2, 0) is 0 Å². The Hall–Kier alpha value is -2.14. The van der Waals surface area contributed by atoms with Gasteiger partial charge in [-0.05, 0) is 18.2 Å². The summed E-state index contributed by atoms with van der Waals surface area (Å²) in [6, 6.07) is 5.00. The SMILES string of the molecule is Nc1cc(-c2cccnc2)nc(C(=O)O)c1Cl. The maximum absolute atomic E-state index is 10.9. The minimum Gasteiger partial charge on any atom is -0.476 e. The fraction of sp³-hybridized carbons (Fsp3) is 0. The second kappa shape index (κ2) is 4.39. The van der Waals surface area contributed by atoms with Crippen molar-refractivity contribution in [2.75, 3.05) is 5.73 Å². The van der Waals surface area contributed by atoms with Crippen LogP contribution < -0.4 is 5.73 Å². The molecule has 0 saturated carbocycles. The molecule has 0 aliphatic carbocycles. The molecule has 6 heteroatoms. The minimum absolute atomic E-state index is 0.0508. The van der Waals surface area contributed by atoms with Gasteiger partial charge in [0.05, 0.1) is 16.4 Å². The van der Waals surface area contributed by atoms with Gasteiger partial charge in [-0.1, -0.05) is 11.6 Å². The molecule has 0 spiro atoms. The third-order valence-electron chi connectivity index (χ3n) is 2.15. The van der Waals surface area contributed by atoms with E-state index in [0.717, 1.165) is 0 Å². The standard InChI is InChI=1S/C11H8ClN3O2/c12-9-7(13)4-8(15-10(9)11(16)17)6-2-1-3-14-5-6/h1-5H,(H2,13,15)(H,16,17).